The fraction of sp³-hybridized carbons (Fsp3) is 0.211. The van der Waals surface area contributed by atoms with Gasteiger partial charge in [-0.05, 0) is 12.1 Å². The van der Waals surface area contributed by atoms with Crippen molar-refractivity contribution in [3.05, 3.63) is 42.4 Å². The van der Waals surface area contributed by atoms with E-state index in [1.165, 1.54) is 12.4 Å². The summed E-state index contributed by atoms with van der Waals surface area (Å²) in [5.74, 6) is 2.10. The summed E-state index contributed by atoms with van der Waals surface area (Å²) < 4.78 is 16.0. The van der Waals surface area contributed by atoms with Gasteiger partial charge in [0.2, 0.25) is 0 Å². The third-order valence-electron chi connectivity index (χ3n) is 3.87. The minimum Gasteiger partial charge on any atom is -0.496 e. The Balaban J connectivity index is 1.75. The zero-order chi connectivity index (χ0) is 21.3. The van der Waals surface area contributed by atoms with Crippen LogP contribution in [0.3, 0.4) is 0 Å². The molecule has 3 rings (SSSR count). The van der Waals surface area contributed by atoms with Crippen LogP contribution in [0.2, 0.25) is 0 Å². The summed E-state index contributed by atoms with van der Waals surface area (Å²) in [5.41, 5.74) is 6.50. The standard InChI is InChI=1S/C19H19N7O4/c1-28-14-4-2-5-15(29-6-3-7-30-19(21)27)18(14)13-8-16(26-25-13)24-17-11-22-12(9-20)10-23-17/h2,4-5,8,10-11H,3,6-7H2,1H3,(H2,21,27)(H2,23,24,25,26). The predicted molar refractivity (Wildman–Crippen MR) is 106 cm³/mol. The molecule has 3 aromatic rings. The number of H-pyrrole nitrogens is 1. The Labute approximate surface area is 171 Å². The number of carbonyl (C=O) groups excluding carboxylic acids is 1. The van der Waals surface area contributed by atoms with Crippen molar-refractivity contribution < 1.29 is 19.0 Å². The smallest absolute Gasteiger partial charge is 0.404 e. The lowest BCUT2D eigenvalue weighted by Gasteiger charge is -2.13. The zero-order valence-corrected chi connectivity index (χ0v) is 16.1. The number of primary amides is 1. The summed E-state index contributed by atoms with van der Waals surface area (Å²) in [6, 6.07) is 9.08. The Bertz CT molecular complexity index is 1040. The maximum Gasteiger partial charge on any atom is 0.404 e. The number of benzene rings is 1. The normalized spacial score (nSPS) is 10.1. The van der Waals surface area contributed by atoms with Crippen molar-refractivity contribution in [1.29, 1.82) is 5.26 Å². The van der Waals surface area contributed by atoms with Gasteiger partial charge in [-0.2, -0.15) is 10.4 Å². The van der Waals surface area contributed by atoms with Crippen LogP contribution >= 0.6 is 0 Å². The molecule has 0 aliphatic heterocycles. The van der Waals surface area contributed by atoms with E-state index in [1.54, 1.807) is 31.4 Å². The molecular formula is C19H19N7O4. The van der Waals surface area contributed by atoms with Crippen LogP contribution < -0.4 is 20.5 Å². The molecule has 2 aromatic heterocycles. The van der Waals surface area contributed by atoms with E-state index in [2.05, 4.69) is 25.5 Å². The van der Waals surface area contributed by atoms with Crippen molar-refractivity contribution in [3.63, 3.8) is 0 Å². The summed E-state index contributed by atoms with van der Waals surface area (Å²) in [5, 5.41) is 19.0. The number of anilines is 2. The van der Waals surface area contributed by atoms with E-state index in [4.69, 9.17) is 25.2 Å². The van der Waals surface area contributed by atoms with E-state index >= 15 is 0 Å². The Morgan fingerprint density at radius 3 is 2.77 bits per heavy atom. The lowest BCUT2D eigenvalue weighted by Crippen LogP contribution is -2.15. The summed E-state index contributed by atoms with van der Waals surface area (Å²) in [6.07, 6.45) is 2.47. The second-order valence-electron chi connectivity index (χ2n) is 5.89. The van der Waals surface area contributed by atoms with Crippen LogP contribution in [0.1, 0.15) is 12.1 Å². The van der Waals surface area contributed by atoms with Crippen molar-refractivity contribution in [2.75, 3.05) is 25.6 Å². The molecule has 0 fully saturated rings. The number of carbonyl (C=O) groups is 1. The second kappa shape index (κ2) is 9.74. The molecule has 0 aliphatic rings. The first-order valence-corrected chi connectivity index (χ1v) is 8.87. The average Bonchev–Trinajstić information content (AvgIpc) is 3.21. The highest BCUT2D eigenvalue weighted by atomic mass is 16.5. The van der Waals surface area contributed by atoms with Crippen LogP contribution in [-0.2, 0) is 4.74 Å². The number of methoxy groups -OCH3 is 1. The number of nitriles is 1. The van der Waals surface area contributed by atoms with Gasteiger partial charge in [0.05, 0.1) is 44.0 Å². The number of hydrogen-bond acceptors (Lipinski definition) is 9. The van der Waals surface area contributed by atoms with Gasteiger partial charge >= 0.3 is 6.09 Å². The molecule has 0 bridgehead atoms. The molecule has 0 saturated heterocycles. The number of aromatic nitrogens is 4. The first kappa shape index (κ1) is 20.4. The highest BCUT2D eigenvalue weighted by Gasteiger charge is 2.16. The van der Waals surface area contributed by atoms with Gasteiger partial charge in [0.25, 0.3) is 0 Å². The fourth-order valence-corrected chi connectivity index (χ4v) is 2.58. The van der Waals surface area contributed by atoms with E-state index in [0.29, 0.717) is 47.4 Å². The maximum absolute atomic E-state index is 10.6. The Morgan fingerprint density at radius 2 is 2.07 bits per heavy atom. The molecule has 0 atom stereocenters. The lowest BCUT2D eigenvalue weighted by atomic mass is 10.1. The maximum atomic E-state index is 10.6. The summed E-state index contributed by atoms with van der Waals surface area (Å²) in [7, 11) is 1.56. The largest absolute Gasteiger partial charge is 0.496 e. The average molecular weight is 409 g/mol. The first-order chi connectivity index (χ1) is 14.6. The molecule has 11 heteroatoms. The van der Waals surface area contributed by atoms with E-state index in [9.17, 15) is 4.79 Å². The lowest BCUT2D eigenvalue weighted by molar-refractivity contribution is 0.147. The van der Waals surface area contributed by atoms with Crippen molar-refractivity contribution in [1.82, 2.24) is 20.2 Å². The van der Waals surface area contributed by atoms with Crippen molar-refractivity contribution in [3.8, 4) is 28.8 Å². The number of nitrogens with zero attached hydrogens (tertiary/aromatic N) is 4. The van der Waals surface area contributed by atoms with Gasteiger partial charge in [0.15, 0.2) is 11.5 Å². The summed E-state index contributed by atoms with van der Waals surface area (Å²) >= 11 is 0. The number of hydrogen-bond donors (Lipinski definition) is 3. The van der Waals surface area contributed by atoms with Gasteiger partial charge in [-0.25, -0.2) is 14.8 Å². The van der Waals surface area contributed by atoms with Crippen LogP contribution in [0, 0.1) is 11.3 Å². The van der Waals surface area contributed by atoms with Gasteiger partial charge < -0.3 is 25.3 Å². The van der Waals surface area contributed by atoms with Gasteiger partial charge in [-0.3, -0.25) is 5.10 Å². The highest BCUT2D eigenvalue weighted by Crippen LogP contribution is 2.38. The SMILES string of the molecule is COc1cccc(OCCCOC(N)=O)c1-c1cc(Nc2cnc(C#N)cn2)n[nH]1. The molecule has 0 aliphatic carbocycles. The number of amides is 1. The molecule has 154 valence electrons. The fourth-order valence-electron chi connectivity index (χ4n) is 2.58. The second-order valence-corrected chi connectivity index (χ2v) is 5.89. The minimum absolute atomic E-state index is 0.165. The quantitative estimate of drug-likeness (QED) is 0.450. The monoisotopic (exact) mass is 409 g/mol. The Hall–Kier alpha value is -4.33. The van der Waals surface area contributed by atoms with Crippen LogP contribution in [0.15, 0.2) is 36.7 Å². The topological polar surface area (TPSA) is 161 Å². The molecule has 11 nitrogen and oxygen atoms in total. The number of rotatable bonds is 9. The van der Waals surface area contributed by atoms with Crippen LogP contribution in [0.4, 0.5) is 16.4 Å². The first-order valence-electron chi connectivity index (χ1n) is 8.87. The number of aromatic amines is 1. The molecule has 2 heterocycles. The van der Waals surface area contributed by atoms with Gasteiger partial charge in [0, 0.05) is 12.5 Å². The molecule has 4 N–H and O–H groups in total. The third-order valence-corrected chi connectivity index (χ3v) is 3.87. The van der Waals surface area contributed by atoms with Gasteiger partial charge in [-0.15, -0.1) is 0 Å². The summed E-state index contributed by atoms with van der Waals surface area (Å²) in [4.78, 5) is 18.7. The molecule has 0 spiro atoms. The molecular weight excluding hydrogens is 390 g/mol. The van der Waals surface area contributed by atoms with Crippen LogP contribution in [0.25, 0.3) is 11.3 Å². The molecule has 30 heavy (non-hydrogen) atoms. The zero-order valence-electron chi connectivity index (χ0n) is 16.1. The third kappa shape index (κ3) is 5.14. The van der Waals surface area contributed by atoms with Crippen LogP contribution in [0.5, 0.6) is 11.5 Å². The van der Waals surface area contributed by atoms with E-state index < -0.39 is 6.09 Å². The molecule has 1 aromatic carbocycles. The van der Waals surface area contributed by atoms with Crippen molar-refractivity contribution in [2.45, 2.75) is 6.42 Å². The van der Waals surface area contributed by atoms with Gasteiger partial charge in [0.1, 0.15) is 23.4 Å². The van der Waals surface area contributed by atoms with Crippen molar-refractivity contribution >= 4 is 17.7 Å². The predicted octanol–water partition coefficient (Wildman–Crippen LogP) is 2.35. The number of nitrogens with two attached hydrogens (primary N) is 1. The molecule has 0 unspecified atom stereocenters. The summed E-state index contributed by atoms with van der Waals surface area (Å²) in [6.45, 7) is 0.478. The van der Waals surface area contributed by atoms with Gasteiger partial charge in [-0.1, -0.05) is 6.07 Å². The highest BCUT2D eigenvalue weighted by molar-refractivity contribution is 5.76. The van der Waals surface area contributed by atoms with E-state index in [1.807, 2.05) is 6.07 Å². The molecule has 0 saturated carbocycles. The minimum atomic E-state index is -0.818. The molecule has 0 radical (unpaired) electrons. The number of nitrogens with one attached hydrogen (secondary N) is 2. The van der Waals surface area contributed by atoms with E-state index in [-0.39, 0.29) is 12.3 Å². The van der Waals surface area contributed by atoms with E-state index in [0.717, 1.165) is 0 Å². The van der Waals surface area contributed by atoms with Crippen molar-refractivity contribution in [2.24, 2.45) is 5.73 Å². The molecule has 1 amide bonds. The Kier molecular flexibility index (Phi) is 6.63. The Morgan fingerprint density at radius 1 is 1.23 bits per heavy atom. The van der Waals surface area contributed by atoms with Crippen LogP contribution in [-0.4, -0.2) is 46.6 Å². The number of ether oxygens (including phenoxy) is 3.